The molecule has 6 heteroatoms. The predicted octanol–water partition coefficient (Wildman–Crippen LogP) is -0.825. The van der Waals surface area contributed by atoms with Gasteiger partial charge in [0.1, 0.15) is 6.04 Å². The van der Waals surface area contributed by atoms with E-state index in [-0.39, 0.29) is 5.91 Å². The van der Waals surface area contributed by atoms with Gasteiger partial charge in [0.2, 0.25) is 5.91 Å². The van der Waals surface area contributed by atoms with Gasteiger partial charge in [-0.25, -0.2) is 4.79 Å². The van der Waals surface area contributed by atoms with Gasteiger partial charge in [-0.15, -0.1) is 0 Å². The lowest BCUT2D eigenvalue weighted by Gasteiger charge is -2.34. The van der Waals surface area contributed by atoms with Crippen LogP contribution in [0, 0.1) is 0 Å². The minimum absolute atomic E-state index is 0.186. The Morgan fingerprint density at radius 2 is 2.06 bits per heavy atom. The average molecular weight is 242 g/mol. The maximum Gasteiger partial charge on any atom is 0.326 e. The second kappa shape index (κ2) is 5.01. The summed E-state index contributed by atoms with van der Waals surface area (Å²) in [6.07, 6.45) is 2.10. The second-order valence-electron chi connectivity index (χ2n) is 4.73. The van der Waals surface area contributed by atoms with Crippen molar-refractivity contribution in [3.05, 3.63) is 0 Å². The monoisotopic (exact) mass is 242 g/mol. The van der Waals surface area contributed by atoms with Gasteiger partial charge in [-0.2, -0.15) is 0 Å². The van der Waals surface area contributed by atoms with Gasteiger partial charge in [0.05, 0.1) is 12.1 Å². The molecule has 17 heavy (non-hydrogen) atoms. The summed E-state index contributed by atoms with van der Waals surface area (Å²) in [4.78, 5) is 24.7. The van der Waals surface area contributed by atoms with Crippen LogP contribution in [0.1, 0.15) is 25.7 Å². The Bertz CT molecular complexity index is 321. The Labute approximate surface area is 99.6 Å². The van der Waals surface area contributed by atoms with E-state index in [1.165, 1.54) is 4.90 Å². The molecule has 2 aliphatic rings. The van der Waals surface area contributed by atoms with Crippen LogP contribution in [0.4, 0.5) is 0 Å². The summed E-state index contributed by atoms with van der Waals surface area (Å²) in [5, 5.41) is 21.4. The lowest BCUT2D eigenvalue weighted by molar-refractivity contribution is -0.152. The minimum Gasteiger partial charge on any atom is -0.480 e. The standard InChI is InChI=1S/C11H18N2O4/c14-7-5-8(12-6-7)10(15)13-4-2-1-3-9(13)11(16)17/h7-9,12,14H,1-6H2,(H,16,17). The summed E-state index contributed by atoms with van der Waals surface area (Å²) in [6.45, 7) is 0.909. The molecule has 0 saturated carbocycles. The van der Waals surface area contributed by atoms with Crippen LogP contribution in [0.15, 0.2) is 0 Å². The Morgan fingerprint density at radius 1 is 1.29 bits per heavy atom. The number of nitrogens with one attached hydrogen (secondary N) is 1. The molecular formula is C11H18N2O4. The largest absolute Gasteiger partial charge is 0.480 e. The van der Waals surface area contributed by atoms with Crippen LogP contribution in [-0.4, -0.2) is 58.3 Å². The SMILES string of the molecule is O=C(O)C1CCCCN1C(=O)C1CC(O)CN1. The van der Waals surface area contributed by atoms with E-state index in [0.29, 0.717) is 25.9 Å². The predicted molar refractivity (Wildman–Crippen MR) is 59.4 cm³/mol. The summed E-state index contributed by atoms with van der Waals surface area (Å²) in [7, 11) is 0. The summed E-state index contributed by atoms with van der Waals surface area (Å²) < 4.78 is 0. The maximum atomic E-state index is 12.1. The molecule has 0 aromatic rings. The van der Waals surface area contributed by atoms with Gasteiger partial charge in [-0.3, -0.25) is 4.79 Å². The Balaban J connectivity index is 2.03. The number of piperidine rings is 1. The second-order valence-corrected chi connectivity index (χ2v) is 4.73. The molecule has 2 aliphatic heterocycles. The van der Waals surface area contributed by atoms with Gasteiger partial charge < -0.3 is 20.4 Å². The van der Waals surface area contributed by atoms with Gasteiger partial charge in [-0.05, 0) is 25.7 Å². The summed E-state index contributed by atoms with van der Waals surface area (Å²) >= 11 is 0. The lowest BCUT2D eigenvalue weighted by atomic mass is 10.0. The lowest BCUT2D eigenvalue weighted by Crippen LogP contribution is -2.53. The molecule has 0 aliphatic carbocycles. The van der Waals surface area contributed by atoms with E-state index in [4.69, 9.17) is 5.11 Å². The van der Waals surface area contributed by atoms with Crippen molar-refractivity contribution in [2.45, 2.75) is 43.9 Å². The number of aliphatic carboxylic acids is 1. The molecule has 2 rings (SSSR count). The number of hydrogen-bond acceptors (Lipinski definition) is 4. The van der Waals surface area contributed by atoms with E-state index < -0.39 is 24.2 Å². The van der Waals surface area contributed by atoms with E-state index in [0.717, 1.165) is 12.8 Å². The zero-order valence-corrected chi connectivity index (χ0v) is 9.63. The molecule has 3 N–H and O–H groups in total. The number of carboxylic acids is 1. The fourth-order valence-electron chi connectivity index (χ4n) is 2.56. The molecule has 96 valence electrons. The summed E-state index contributed by atoms with van der Waals surface area (Å²) in [5.41, 5.74) is 0. The van der Waals surface area contributed by atoms with Crippen LogP contribution in [0.5, 0.6) is 0 Å². The van der Waals surface area contributed by atoms with E-state index in [9.17, 15) is 14.7 Å². The van der Waals surface area contributed by atoms with Gasteiger partial charge in [0, 0.05) is 13.1 Å². The Kier molecular flexibility index (Phi) is 3.63. The van der Waals surface area contributed by atoms with Crippen molar-refractivity contribution in [1.29, 1.82) is 0 Å². The van der Waals surface area contributed by atoms with Crippen LogP contribution in [0.2, 0.25) is 0 Å². The van der Waals surface area contributed by atoms with E-state index >= 15 is 0 Å². The molecule has 1 amide bonds. The van der Waals surface area contributed by atoms with Crippen LogP contribution in [-0.2, 0) is 9.59 Å². The minimum atomic E-state index is -0.934. The van der Waals surface area contributed by atoms with E-state index in [1.807, 2.05) is 0 Å². The van der Waals surface area contributed by atoms with Crippen molar-refractivity contribution >= 4 is 11.9 Å². The number of rotatable bonds is 2. The summed E-state index contributed by atoms with van der Waals surface area (Å²) in [6, 6.07) is -1.12. The number of hydrogen-bond donors (Lipinski definition) is 3. The molecule has 3 unspecified atom stereocenters. The molecule has 0 spiro atoms. The fraction of sp³-hybridized carbons (Fsp3) is 0.818. The highest BCUT2D eigenvalue weighted by atomic mass is 16.4. The number of aliphatic hydroxyl groups excluding tert-OH is 1. The van der Waals surface area contributed by atoms with Crippen molar-refractivity contribution in [1.82, 2.24) is 10.2 Å². The first kappa shape index (κ1) is 12.3. The highest BCUT2D eigenvalue weighted by Gasteiger charge is 2.37. The van der Waals surface area contributed by atoms with Gasteiger partial charge in [0.25, 0.3) is 0 Å². The first-order valence-electron chi connectivity index (χ1n) is 6.04. The number of carbonyl (C=O) groups is 2. The molecule has 0 aromatic heterocycles. The van der Waals surface area contributed by atoms with Crippen molar-refractivity contribution < 1.29 is 19.8 Å². The van der Waals surface area contributed by atoms with Gasteiger partial charge >= 0.3 is 5.97 Å². The molecular weight excluding hydrogens is 224 g/mol. The van der Waals surface area contributed by atoms with Crippen LogP contribution in [0.25, 0.3) is 0 Å². The number of nitrogens with zero attached hydrogens (tertiary/aromatic N) is 1. The number of amides is 1. The molecule has 2 fully saturated rings. The van der Waals surface area contributed by atoms with E-state index in [1.54, 1.807) is 0 Å². The van der Waals surface area contributed by atoms with Crippen LogP contribution in [0.3, 0.4) is 0 Å². The third kappa shape index (κ3) is 2.58. The van der Waals surface area contributed by atoms with Crippen molar-refractivity contribution in [2.24, 2.45) is 0 Å². The zero-order valence-electron chi connectivity index (χ0n) is 9.63. The highest BCUT2D eigenvalue weighted by Crippen LogP contribution is 2.20. The molecule has 3 atom stereocenters. The quantitative estimate of drug-likeness (QED) is 0.588. The molecule has 0 radical (unpaired) electrons. The number of carbonyl (C=O) groups excluding carboxylic acids is 1. The number of carboxylic acid groups (broad SMARTS) is 1. The van der Waals surface area contributed by atoms with Crippen molar-refractivity contribution in [2.75, 3.05) is 13.1 Å². The Morgan fingerprint density at radius 3 is 2.65 bits per heavy atom. The van der Waals surface area contributed by atoms with Crippen molar-refractivity contribution in [3.63, 3.8) is 0 Å². The van der Waals surface area contributed by atoms with E-state index in [2.05, 4.69) is 5.32 Å². The smallest absolute Gasteiger partial charge is 0.326 e. The third-order valence-corrected chi connectivity index (χ3v) is 3.48. The highest BCUT2D eigenvalue weighted by molar-refractivity contribution is 5.87. The number of aliphatic hydroxyl groups is 1. The normalized spacial score (nSPS) is 33.7. The Hall–Kier alpha value is -1.14. The summed E-state index contributed by atoms with van der Waals surface area (Å²) in [5.74, 6) is -1.12. The molecule has 2 saturated heterocycles. The first-order valence-corrected chi connectivity index (χ1v) is 6.04. The number of likely N-dealkylation sites (tertiary alicyclic amines) is 1. The average Bonchev–Trinajstić information content (AvgIpc) is 2.75. The van der Waals surface area contributed by atoms with Crippen LogP contribution < -0.4 is 5.32 Å². The van der Waals surface area contributed by atoms with Crippen LogP contribution >= 0.6 is 0 Å². The maximum absolute atomic E-state index is 12.1. The molecule has 6 nitrogen and oxygen atoms in total. The fourth-order valence-corrected chi connectivity index (χ4v) is 2.56. The molecule has 2 heterocycles. The van der Waals surface area contributed by atoms with Crippen molar-refractivity contribution in [3.8, 4) is 0 Å². The zero-order chi connectivity index (χ0) is 12.4. The topological polar surface area (TPSA) is 89.9 Å². The molecule has 0 aromatic carbocycles. The van der Waals surface area contributed by atoms with Gasteiger partial charge in [0.15, 0.2) is 0 Å². The first-order chi connectivity index (χ1) is 8.09. The third-order valence-electron chi connectivity index (χ3n) is 3.48. The molecule has 0 bridgehead atoms. The van der Waals surface area contributed by atoms with Gasteiger partial charge in [-0.1, -0.05) is 0 Å². The number of β-amino-alcohol motifs (C(OH)–C–C–N with tert-alkyl or cyclic N) is 1.